The average molecular weight is 385 g/mol. The zero-order chi connectivity index (χ0) is 19.3. The van der Waals surface area contributed by atoms with Crippen LogP contribution in [0.1, 0.15) is 23.7 Å². The second kappa shape index (κ2) is 8.39. The lowest BCUT2D eigenvalue weighted by atomic mass is 10.2. The Morgan fingerprint density at radius 3 is 2.58 bits per heavy atom. The predicted octanol–water partition coefficient (Wildman–Crippen LogP) is 0.896. The van der Waals surface area contributed by atoms with Crippen LogP contribution in [0.5, 0.6) is 11.5 Å². The summed E-state index contributed by atoms with van der Waals surface area (Å²) in [4.78, 5) is 25.7. The summed E-state index contributed by atoms with van der Waals surface area (Å²) in [5.41, 5.74) is 0.230. The molecule has 1 atom stereocenters. The minimum atomic E-state index is -3.09. The number of carbonyl (C=O) groups is 2. The Bertz CT molecular complexity index is 775. The van der Waals surface area contributed by atoms with Gasteiger partial charge >= 0.3 is 5.97 Å². The number of methoxy groups -OCH3 is 1. The highest BCUT2D eigenvalue weighted by Crippen LogP contribution is 2.28. The van der Waals surface area contributed by atoms with E-state index >= 15 is 0 Å². The fourth-order valence-electron chi connectivity index (χ4n) is 2.67. The van der Waals surface area contributed by atoms with Crippen LogP contribution in [0.15, 0.2) is 18.2 Å². The van der Waals surface area contributed by atoms with Crippen LogP contribution in [0.4, 0.5) is 0 Å². The van der Waals surface area contributed by atoms with Crippen molar-refractivity contribution in [2.75, 3.05) is 38.9 Å². The molecule has 0 spiro atoms. The lowest BCUT2D eigenvalue weighted by Gasteiger charge is -2.23. The molecule has 0 radical (unpaired) electrons. The van der Waals surface area contributed by atoms with Gasteiger partial charge in [0.25, 0.3) is 5.91 Å². The van der Waals surface area contributed by atoms with Crippen LogP contribution < -0.4 is 9.47 Å². The largest absolute Gasteiger partial charge is 0.493 e. The number of rotatable bonds is 7. The van der Waals surface area contributed by atoms with Crippen molar-refractivity contribution in [1.82, 2.24) is 4.90 Å². The molecular formula is C17H23NO7S. The molecule has 0 saturated carbocycles. The van der Waals surface area contributed by atoms with Crippen LogP contribution in [0.3, 0.4) is 0 Å². The van der Waals surface area contributed by atoms with Crippen LogP contribution in [-0.4, -0.2) is 70.1 Å². The van der Waals surface area contributed by atoms with Gasteiger partial charge in [0.05, 0.1) is 30.8 Å². The fraction of sp³-hybridized carbons (Fsp3) is 0.529. The number of carbonyl (C=O) groups excluding carboxylic acids is 2. The lowest BCUT2D eigenvalue weighted by Crippen LogP contribution is -2.40. The second-order valence-corrected chi connectivity index (χ2v) is 8.17. The molecule has 1 aromatic carbocycles. The quantitative estimate of drug-likeness (QED) is 0.643. The normalized spacial score (nSPS) is 18.2. The minimum absolute atomic E-state index is 0.0562. The van der Waals surface area contributed by atoms with Gasteiger partial charge in [-0.2, -0.15) is 0 Å². The smallest absolute Gasteiger partial charge is 0.338 e. The molecule has 1 aromatic rings. The summed E-state index contributed by atoms with van der Waals surface area (Å²) in [6.45, 7) is 1.76. The molecule has 0 aromatic heterocycles. The molecule has 1 heterocycles. The van der Waals surface area contributed by atoms with Gasteiger partial charge in [0.15, 0.2) is 27.9 Å². The van der Waals surface area contributed by atoms with Crippen LogP contribution >= 0.6 is 0 Å². The lowest BCUT2D eigenvalue weighted by molar-refractivity contribution is -0.134. The molecule has 1 fully saturated rings. The first-order valence-corrected chi connectivity index (χ1v) is 10.0. The summed E-state index contributed by atoms with van der Waals surface area (Å²) in [6, 6.07) is 4.21. The number of hydrogen-bond acceptors (Lipinski definition) is 7. The third-order valence-electron chi connectivity index (χ3n) is 4.18. The van der Waals surface area contributed by atoms with Gasteiger partial charge < -0.3 is 19.1 Å². The third-order valence-corrected chi connectivity index (χ3v) is 5.93. The number of sulfone groups is 1. The van der Waals surface area contributed by atoms with E-state index in [1.54, 1.807) is 6.07 Å². The van der Waals surface area contributed by atoms with Crippen molar-refractivity contribution in [2.45, 2.75) is 19.4 Å². The van der Waals surface area contributed by atoms with Gasteiger partial charge in [0.1, 0.15) is 0 Å². The van der Waals surface area contributed by atoms with Crippen molar-refractivity contribution >= 4 is 21.7 Å². The summed E-state index contributed by atoms with van der Waals surface area (Å²) in [7, 11) is -0.0828. The maximum absolute atomic E-state index is 12.2. The summed E-state index contributed by atoms with van der Waals surface area (Å²) >= 11 is 0. The molecule has 1 saturated heterocycles. The SMILES string of the molecule is CCOc1cc(C(=O)OCC(=O)N(C)[C@H]2CCS(=O)(=O)C2)ccc1OC. The maximum Gasteiger partial charge on any atom is 0.338 e. The van der Waals surface area contributed by atoms with E-state index in [0.29, 0.717) is 24.5 Å². The van der Waals surface area contributed by atoms with E-state index < -0.39 is 28.3 Å². The van der Waals surface area contributed by atoms with Crippen molar-refractivity contribution < 1.29 is 32.2 Å². The van der Waals surface area contributed by atoms with Crippen molar-refractivity contribution in [3.05, 3.63) is 23.8 Å². The highest BCUT2D eigenvalue weighted by molar-refractivity contribution is 7.91. The average Bonchev–Trinajstić information content (AvgIpc) is 2.98. The number of esters is 1. The van der Waals surface area contributed by atoms with E-state index in [9.17, 15) is 18.0 Å². The maximum atomic E-state index is 12.2. The predicted molar refractivity (Wildman–Crippen MR) is 94.3 cm³/mol. The van der Waals surface area contributed by atoms with Crippen molar-refractivity contribution in [3.8, 4) is 11.5 Å². The third kappa shape index (κ3) is 4.87. The van der Waals surface area contributed by atoms with Gasteiger partial charge in [0, 0.05) is 13.1 Å². The Labute approximate surface area is 152 Å². The molecule has 0 aliphatic carbocycles. The van der Waals surface area contributed by atoms with E-state index in [0.717, 1.165) is 0 Å². The highest BCUT2D eigenvalue weighted by Gasteiger charge is 2.33. The molecule has 26 heavy (non-hydrogen) atoms. The number of hydrogen-bond donors (Lipinski definition) is 0. The first-order valence-electron chi connectivity index (χ1n) is 8.21. The molecule has 9 heteroatoms. The van der Waals surface area contributed by atoms with Crippen molar-refractivity contribution in [1.29, 1.82) is 0 Å². The first kappa shape index (κ1) is 20.0. The fourth-order valence-corrected chi connectivity index (χ4v) is 4.44. The topological polar surface area (TPSA) is 99.2 Å². The van der Waals surface area contributed by atoms with E-state index in [-0.39, 0.29) is 23.1 Å². The monoisotopic (exact) mass is 385 g/mol. The standard InChI is InChI=1S/C17H23NO7S/c1-4-24-15-9-12(5-6-14(15)23-3)17(20)25-10-16(19)18(2)13-7-8-26(21,22)11-13/h5-6,9,13H,4,7-8,10-11H2,1-3H3/t13-/m0/s1. The number of amides is 1. The number of likely N-dealkylation sites (N-methyl/N-ethyl adjacent to an activating group) is 1. The number of benzene rings is 1. The van der Waals surface area contributed by atoms with Gasteiger partial charge in [-0.3, -0.25) is 4.79 Å². The molecular weight excluding hydrogens is 362 g/mol. The van der Waals surface area contributed by atoms with Gasteiger partial charge in [0.2, 0.25) is 0 Å². The van der Waals surface area contributed by atoms with Crippen LogP contribution in [0, 0.1) is 0 Å². The van der Waals surface area contributed by atoms with E-state index in [2.05, 4.69) is 0 Å². The molecule has 0 N–H and O–H groups in total. The molecule has 1 aliphatic rings. The first-order chi connectivity index (χ1) is 12.3. The van der Waals surface area contributed by atoms with E-state index in [1.807, 2.05) is 6.92 Å². The van der Waals surface area contributed by atoms with E-state index in [4.69, 9.17) is 14.2 Å². The Kier molecular flexibility index (Phi) is 6.47. The van der Waals surface area contributed by atoms with Crippen molar-refractivity contribution in [3.63, 3.8) is 0 Å². The zero-order valence-corrected chi connectivity index (χ0v) is 15.9. The molecule has 1 amide bonds. The minimum Gasteiger partial charge on any atom is -0.493 e. The summed E-state index contributed by atoms with van der Waals surface area (Å²) < 4.78 is 38.6. The Hall–Kier alpha value is -2.29. The Morgan fingerprint density at radius 2 is 2.00 bits per heavy atom. The zero-order valence-electron chi connectivity index (χ0n) is 15.1. The number of nitrogens with zero attached hydrogens (tertiary/aromatic N) is 1. The van der Waals surface area contributed by atoms with Crippen LogP contribution in [-0.2, 0) is 19.4 Å². The van der Waals surface area contributed by atoms with Crippen LogP contribution in [0.25, 0.3) is 0 Å². The van der Waals surface area contributed by atoms with Gasteiger partial charge in [-0.25, -0.2) is 13.2 Å². The van der Waals surface area contributed by atoms with Crippen LogP contribution in [0.2, 0.25) is 0 Å². The van der Waals surface area contributed by atoms with E-state index in [1.165, 1.54) is 31.2 Å². The second-order valence-electron chi connectivity index (χ2n) is 5.94. The van der Waals surface area contributed by atoms with Gasteiger partial charge in [-0.1, -0.05) is 0 Å². The molecule has 0 unspecified atom stereocenters. The summed E-state index contributed by atoms with van der Waals surface area (Å²) in [6.07, 6.45) is 0.398. The Morgan fingerprint density at radius 1 is 1.27 bits per heavy atom. The van der Waals surface area contributed by atoms with Crippen molar-refractivity contribution in [2.24, 2.45) is 0 Å². The molecule has 1 aliphatic heterocycles. The summed E-state index contributed by atoms with van der Waals surface area (Å²) in [5, 5.41) is 0. The molecule has 8 nitrogen and oxygen atoms in total. The molecule has 0 bridgehead atoms. The molecule has 144 valence electrons. The summed E-state index contributed by atoms with van der Waals surface area (Å²) in [5.74, 6) is -0.209. The highest BCUT2D eigenvalue weighted by atomic mass is 32.2. The van der Waals surface area contributed by atoms with Gasteiger partial charge in [-0.15, -0.1) is 0 Å². The Balaban J connectivity index is 1.95. The van der Waals surface area contributed by atoms with Gasteiger partial charge in [-0.05, 0) is 31.5 Å². The molecule has 2 rings (SSSR count). The number of ether oxygens (including phenoxy) is 3.